The lowest BCUT2D eigenvalue weighted by molar-refractivity contribution is -0.136. The summed E-state index contributed by atoms with van der Waals surface area (Å²) in [7, 11) is 0. The van der Waals surface area contributed by atoms with Gasteiger partial charge in [0.15, 0.2) is 0 Å². The normalized spacial score (nSPS) is 12.8. The monoisotopic (exact) mass is 673 g/mol. The number of aromatic nitrogens is 4. The van der Waals surface area contributed by atoms with Crippen LogP contribution in [0, 0.1) is 13.8 Å². The molecule has 1 amide bonds. The number of fused-ring (bicyclic) bond motifs is 8. The molecule has 3 aromatic rings. The molecule has 0 unspecified atom stereocenters. The van der Waals surface area contributed by atoms with Gasteiger partial charge in [-0.05, 0) is 105 Å². The molecule has 0 aromatic carbocycles. The molecule has 262 valence electrons. The third-order valence-electron chi connectivity index (χ3n) is 10.1. The second kappa shape index (κ2) is 16.2. The number of nitrogens with one attached hydrogen (secondary N) is 3. The molecule has 0 fully saturated rings. The zero-order chi connectivity index (χ0) is 35.9. The Balaban J connectivity index is 1.66. The lowest BCUT2D eigenvalue weighted by Gasteiger charge is -2.06. The number of carboxylic acid groups (broad SMARTS) is 1. The quantitative estimate of drug-likeness (QED) is 0.120. The van der Waals surface area contributed by atoms with E-state index in [-0.39, 0.29) is 12.3 Å². The number of H-pyrrole nitrogens is 2. The van der Waals surface area contributed by atoms with Crippen LogP contribution in [0.4, 0.5) is 0 Å². The average molecular weight is 674 g/mol. The fraction of sp³-hybridized carbons (Fsp3) is 0.381. The molecular weight excluding hydrogens is 622 g/mol. The van der Waals surface area contributed by atoms with Crippen LogP contribution in [0.2, 0.25) is 0 Å². The van der Waals surface area contributed by atoms with Crippen LogP contribution < -0.4 is 5.32 Å². The molecule has 0 saturated heterocycles. The Kier molecular flexibility index (Phi) is 11.7. The van der Waals surface area contributed by atoms with Gasteiger partial charge in [-0.2, -0.15) is 0 Å². The van der Waals surface area contributed by atoms with Crippen LogP contribution in [0.3, 0.4) is 0 Å². The van der Waals surface area contributed by atoms with E-state index in [1.54, 1.807) is 0 Å². The second-order valence-corrected chi connectivity index (χ2v) is 13.5. The van der Waals surface area contributed by atoms with Gasteiger partial charge >= 0.3 is 5.97 Å². The van der Waals surface area contributed by atoms with Crippen molar-refractivity contribution in [3.63, 3.8) is 0 Å². The van der Waals surface area contributed by atoms with Gasteiger partial charge < -0.3 is 20.4 Å². The number of carboxylic acids is 1. The summed E-state index contributed by atoms with van der Waals surface area (Å²) in [4.78, 5) is 42.0. The number of hydrogen-bond acceptors (Lipinski definition) is 4. The highest BCUT2D eigenvalue weighted by atomic mass is 16.4. The van der Waals surface area contributed by atoms with Crippen molar-refractivity contribution >= 4 is 62.3 Å². The minimum Gasteiger partial charge on any atom is -0.481 e. The molecule has 3 aromatic heterocycles. The molecule has 8 bridgehead atoms. The van der Waals surface area contributed by atoms with E-state index in [0.717, 1.165) is 102 Å². The van der Waals surface area contributed by atoms with Gasteiger partial charge in [0.25, 0.3) is 0 Å². The SMILES string of the molecule is C=CC1=C(C)c2cc3[nH]c(cc4nc(cc5[nH]c(cc1n2)c(C)c5CCC(=O)NCCCCCCCC)C(CCC(=O)O)=C4C)c(C)c3C=C. The average Bonchev–Trinajstić information content (AvgIpc) is 3.75. The van der Waals surface area contributed by atoms with E-state index < -0.39 is 5.97 Å². The standard InChI is InChI=1S/C42H51N5O3/c1-8-11-12-13-14-15-20-43-41(48)18-16-31-27(6)36-23-38-30(10-3)26(5)35(45-38)22-37-29(9-2)25(4)33(44-37)21-34-28(7)32(17-19-42(49)50)40(46-34)24-39(31)47-36/h9-10,21-24,44,47H,2-3,8,11-20H2,1,4-7H3,(H,43,48)(H,49,50). The summed E-state index contributed by atoms with van der Waals surface area (Å²) in [6, 6.07) is 8.15. The number of amides is 1. The first-order valence-corrected chi connectivity index (χ1v) is 18.0. The summed E-state index contributed by atoms with van der Waals surface area (Å²) in [5, 5.41) is 12.7. The third-order valence-corrected chi connectivity index (χ3v) is 10.1. The van der Waals surface area contributed by atoms with Gasteiger partial charge in [0.05, 0.1) is 22.8 Å². The van der Waals surface area contributed by atoms with Crippen molar-refractivity contribution in [2.45, 2.75) is 98.8 Å². The fourth-order valence-corrected chi connectivity index (χ4v) is 7.00. The highest BCUT2D eigenvalue weighted by Gasteiger charge is 2.21. The van der Waals surface area contributed by atoms with Crippen LogP contribution in [0.5, 0.6) is 0 Å². The van der Waals surface area contributed by atoms with Crippen LogP contribution >= 0.6 is 0 Å². The Morgan fingerprint density at radius 1 is 0.740 bits per heavy atom. The Morgan fingerprint density at radius 2 is 1.36 bits per heavy atom. The zero-order valence-corrected chi connectivity index (χ0v) is 30.3. The van der Waals surface area contributed by atoms with E-state index in [1.807, 2.05) is 31.2 Å². The van der Waals surface area contributed by atoms with Gasteiger partial charge in [-0.15, -0.1) is 0 Å². The van der Waals surface area contributed by atoms with Gasteiger partial charge in [0.2, 0.25) is 5.91 Å². The van der Waals surface area contributed by atoms with Crippen LogP contribution in [-0.2, 0) is 16.0 Å². The van der Waals surface area contributed by atoms with E-state index in [0.29, 0.717) is 25.8 Å². The maximum absolute atomic E-state index is 13.0. The molecule has 0 radical (unpaired) electrons. The first-order valence-electron chi connectivity index (χ1n) is 18.0. The summed E-state index contributed by atoms with van der Waals surface area (Å²) < 4.78 is 0. The molecule has 0 spiro atoms. The Bertz CT molecular complexity index is 2060. The molecule has 5 heterocycles. The molecule has 2 aliphatic heterocycles. The van der Waals surface area contributed by atoms with Crippen LogP contribution in [-0.4, -0.2) is 43.5 Å². The number of aliphatic carboxylic acids is 1. The topological polar surface area (TPSA) is 124 Å². The highest BCUT2D eigenvalue weighted by Crippen LogP contribution is 2.36. The molecule has 0 saturated carbocycles. The van der Waals surface area contributed by atoms with Crippen molar-refractivity contribution in [3.8, 4) is 0 Å². The number of rotatable bonds is 15. The Hall–Kier alpha value is -4.98. The fourth-order valence-electron chi connectivity index (χ4n) is 7.00. The first-order chi connectivity index (χ1) is 24.1. The molecule has 0 aliphatic carbocycles. The Morgan fingerprint density at radius 3 is 2.08 bits per heavy atom. The lowest BCUT2D eigenvalue weighted by Crippen LogP contribution is -2.24. The molecule has 5 rings (SSSR count). The first kappa shape index (κ1) is 36.3. The minimum absolute atomic E-state index is 0.00305. The number of aromatic amines is 2. The highest BCUT2D eigenvalue weighted by molar-refractivity contribution is 5.98. The van der Waals surface area contributed by atoms with Crippen molar-refractivity contribution < 1.29 is 14.7 Å². The van der Waals surface area contributed by atoms with E-state index in [9.17, 15) is 14.7 Å². The number of carbonyl (C=O) groups is 2. The van der Waals surface area contributed by atoms with Crippen molar-refractivity contribution in [3.05, 3.63) is 88.5 Å². The van der Waals surface area contributed by atoms with Crippen molar-refractivity contribution in [1.29, 1.82) is 0 Å². The number of aryl methyl sites for hydroxylation is 3. The van der Waals surface area contributed by atoms with E-state index in [1.165, 1.54) is 25.7 Å². The smallest absolute Gasteiger partial charge is 0.303 e. The van der Waals surface area contributed by atoms with E-state index >= 15 is 0 Å². The molecule has 50 heavy (non-hydrogen) atoms. The molecule has 4 N–H and O–H groups in total. The third kappa shape index (κ3) is 7.91. The van der Waals surface area contributed by atoms with Crippen LogP contribution in [0.25, 0.3) is 50.4 Å². The summed E-state index contributed by atoms with van der Waals surface area (Å²) >= 11 is 0. The minimum atomic E-state index is -0.855. The van der Waals surface area contributed by atoms with Gasteiger partial charge in [0, 0.05) is 52.6 Å². The van der Waals surface area contributed by atoms with Crippen molar-refractivity contribution in [2.75, 3.05) is 6.54 Å². The largest absolute Gasteiger partial charge is 0.481 e. The summed E-state index contributed by atoms with van der Waals surface area (Å²) in [6.07, 6.45) is 12.0. The summed E-state index contributed by atoms with van der Waals surface area (Å²) in [6.45, 7) is 19.3. The number of unbranched alkanes of at least 4 members (excludes halogenated alkanes) is 5. The number of allylic oxidation sites excluding steroid dienone is 5. The molecule has 8 nitrogen and oxygen atoms in total. The van der Waals surface area contributed by atoms with Gasteiger partial charge in [-0.25, -0.2) is 9.97 Å². The molecule has 2 aliphatic rings. The number of carbonyl (C=O) groups excluding carboxylic acids is 1. The molecule has 8 heteroatoms. The van der Waals surface area contributed by atoms with Gasteiger partial charge in [-0.3, -0.25) is 9.59 Å². The summed E-state index contributed by atoms with van der Waals surface area (Å²) in [5.74, 6) is -0.816. The predicted molar refractivity (Wildman–Crippen MR) is 207 cm³/mol. The lowest BCUT2D eigenvalue weighted by atomic mass is 10.00. The second-order valence-electron chi connectivity index (χ2n) is 13.5. The zero-order valence-electron chi connectivity index (χ0n) is 30.3. The van der Waals surface area contributed by atoms with Crippen molar-refractivity contribution in [1.82, 2.24) is 25.3 Å². The van der Waals surface area contributed by atoms with Crippen LogP contribution in [0.15, 0.2) is 43.5 Å². The molecular formula is C42H51N5O3. The van der Waals surface area contributed by atoms with Gasteiger partial charge in [-0.1, -0.05) is 64.3 Å². The Labute approximate surface area is 295 Å². The number of hydrogen-bond donors (Lipinski definition) is 4. The number of nitrogens with zero attached hydrogens (tertiary/aromatic N) is 2. The maximum atomic E-state index is 13.0. The predicted octanol–water partition coefficient (Wildman–Crippen LogP) is 9.90. The van der Waals surface area contributed by atoms with Gasteiger partial charge in [0.1, 0.15) is 0 Å². The van der Waals surface area contributed by atoms with Crippen LogP contribution in [0.1, 0.15) is 124 Å². The summed E-state index contributed by atoms with van der Waals surface area (Å²) in [5.41, 5.74) is 14.6. The van der Waals surface area contributed by atoms with E-state index in [2.05, 4.69) is 68.3 Å². The van der Waals surface area contributed by atoms with E-state index in [4.69, 9.17) is 9.97 Å². The van der Waals surface area contributed by atoms with Crippen molar-refractivity contribution in [2.24, 2.45) is 0 Å². The molecule has 0 atom stereocenters. The maximum Gasteiger partial charge on any atom is 0.303 e.